The van der Waals surface area contributed by atoms with E-state index in [1.807, 2.05) is 54.7 Å². The minimum Gasteiger partial charge on any atom is -0.497 e. The molecule has 1 aliphatic rings. The maximum Gasteiger partial charge on any atom is 0.223 e. The number of carbonyl (C=O) groups excluding carboxylic acids is 1. The lowest BCUT2D eigenvalue weighted by Gasteiger charge is -2.33. The molecule has 1 saturated heterocycles. The highest BCUT2D eigenvalue weighted by atomic mass is 35.5. The molecule has 0 spiro atoms. The van der Waals surface area contributed by atoms with E-state index < -0.39 is 0 Å². The number of aromatic nitrogens is 1. The zero-order chi connectivity index (χ0) is 20.2. The summed E-state index contributed by atoms with van der Waals surface area (Å²) in [7, 11) is 1.65. The molecule has 150 valence electrons. The molecule has 1 aliphatic heterocycles. The number of anilines is 1. The van der Waals surface area contributed by atoms with Crippen LogP contribution in [0.2, 0.25) is 5.02 Å². The molecule has 4 rings (SSSR count). The van der Waals surface area contributed by atoms with Crippen molar-refractivity contribution < 1.29 is 9.53 Å². The van der Waals surface area contributed by atoms with Gasteiger partial charge in [-0.05, 0) is 54.8 Å². The number of nitrogens with zero attached hydrogens (tertiary/aromatic N) is 2. The Morgan fingerprint density at radius 1 is 1.17 bits per heavy atom. The van der Waals surface area contributed by atoms with E-state index in [2.05, 4.69) is 15.2 Å². The van der Waals surface area contributed by atoms with Crippen molar-refractivity contribution in [3.8, 4) is 5.75 Å². The largest absolute Gasteiger partial charge is 0.497 e. The average Bonchev–Trinajstić information content (AvgIpc) is 2.77. The molecule has 2 heterocycles. The minimum absolute atomic E-state index is 0.0482. The molecule has 1 amide bonds. The Bertz CT molecular complexity index is 999. The molecule has 3 aromatic rings. The molecule has 2 aromatic carbocycles. The van der Waals surface area contributed by atoms with Crippen LogP contribution in [-0.4, -0.2) is 31.1 Å². The van der Waals surface area contributed by atoms with Gasteiger partial charge in [-0.15, -0.1) is 0 Å². The van der Waals surface area contributed by atoms with Crippen LogP contribution in [-0.2, 0) is 11.3 Å². The van der Waals surface area contributed by atoms with Gasteiger partial charge in [-0.25, -0.2) is 0 Å². The van der Waals surface area contributed by atoms with Crippen molar-refractivity contribution >= 4 is 34.1 Å². The van der Waals surface area contributed by atoms with Crippen molar-refractivity contribution in [3.63, 3.8) is 0 Å². The second kappa shape index (κ2) is 8.70. The lowest BCUT2D eigenvalue weighted by atomic mass is 9.95. The number of carbonyl (C=O) groups is 1. The van der Waals surface area contributed by atoms with Crippen LogP contribution < -0.4 is 15.0 Å². The first-order valence-corrected chi connectivity index (χ1v) is 10.2. The number of fused-ring (bicyclic) bond motifs is 1. The van der Waals surface area contributed by atoms with E-state index in [0.717, 1.165) is 53.8 Å². The first-order chi connectivity index (χ1) is 14.1. The number of halogens is 1. The first-order valence-electron chi connectivity index (χ1n) is 9.84. The van der Waals surface area contributed by atoms with Gasteiger partial charge in [-0.2, -0.15) is 0 Å². The fourth-order valence-electron chi connectivity index (χ4n) is 3.84. The molecule has 0 bridgehead atoms. The molecule has 0 radical (unpaired) electrons. The lowest BCUT2D eigenvalue weighted by molar-refractivity contribution is -0.125. The standard InChI is InChI=1S/C23H24ClN3O2/c1-29-19-5-2-16(3-6-19)15-26-23(28)17-9-12-27(13-10-17)22-8-11-25-21-14-18(24)4-7-20(21)22/h2-8,11,14,17H,9-10,12-13,15H2,1H3,(H,26,28). The van der Waals surface area contributed by atoms with E-state index in [1.165, 1.54) is 0 Å². The molecule has 0 saturated carbocycles. The number of pyridine rings is 1. The zero-order valence-electron chi connectivity index (χ0n) is 16.4. The third kappa shape index (κ3) is 4.46. The molecule has 0 unspecified atom stereocenters. The third-order valence-electron chi connectivity index (χ3n) is 5.51. The van der Waals surface area contributed by atoms with E-state index in [1.54, 1.807) is 7.11 Å². The summed E-state index contributed by atoms with van der Waals surface area (Å²) in [5.74, 6) is 0.997. The van der Waals surface area contributed by atoms with Gasteiger partial charge in [-0.3, -0.25) is 9.78 Å². The zero-order valence-corrected chi connectivity index (χ0v) is 17.2. The molecule has 1 fully saturated rings. The number of ether oxygens (including phenoxy) is 1. The maximum atomic E-state index is 12.6. The summed E-state index contributed by atoms with van der Waals surface area (Å²) in [6, 6.07) is 15.6. The number of benzene rings is 2. The monoisotopic (exact) mass is 409 g/mol. The van der Waals surface area contributed by atoms with Crippen LogP contribution in [0.4, 0.5) is 5.69 Å². The first kappa shape index (κ1) is 19.5. The van der Waals surface area contributed by atoms with Crippen molar-refractivity contribution in [3.05, 3.63) is 65.3 Å². The van der Waals surface area contributed by atoms with Gasteiger partial charge in [0.2, 0.25) is 5.91 Å². The van der Waals surface area contributed by atoms with Gasteiger partial charge >= 0.3 is 0 Å². The van der Waals surface area contributed by atoms with E-state index in [-0.39, 0.29) is 11.8 Å². The van der Waals surface area contributed by atoms with Crippen molar-refractivity contribution in [1.29, 1.82) is 0 Å². The van der Waals surface area contributed by atoms with Gasteiger partial charge in [0.05, 0.1) is 12.6 Å². The smallest absolute Gasteiger partial charge is 0.223 e. The molecular formula is C23H24ClN3O2. The number of methoxy groups -OCH3 is 1. The fourth-order valence-corrected chi connectivity index (χ4v) is 4.01. The van der Waals surface area contributed by atoms with Crippen LogP contribution in [0, 0.1) is 5.92 Å². The second-order valence-electron chi connectivity index (χ2n) is 7.32. The van der Waals surface area contributed by atoms with E-state index >= 15 is 0 Å². The van der Waals surface area contributed by atoms with Crippen LogP contribution in [0.1, 0.15) is 18.4 Å². The fraction of sp³-hybridized carbons (Fsp3) is 0.304. The molecule has 6 heteroatoms. The molecule has 0 atom stereocenters. The third-order valence-corrected chi connectivity index (χ3v) is 5.75. The molecule has 1 N–H and O–H groups in total. The summed E-state index contributed by atoms with van der Waals surface area (Å²) < 4.78 is 5.17. The molecule has 29 heavy (non-hydrogen) atoms. The average molecular weight is 410 g/mol. The summed E-state index contributed by atoms with van der Waals surface area (Å²) in [4.78, 5) is 19.4. The Morgan fingerprint density at radius 2 is 1.93 bits per heavy atom. The Labute approximate surface area is 175 Å². The van der Waals surface area contributed by atoms with E-state index in [9.17, 15) is 4.79 Å². The number of rotatable bonds is 5. The van der Waals surface area contributed by atoms with Crippen LogP contribution in [0.3, 0.4) is 0 Å². The Hall–Kier alpha value is -2.79. The summed E-state index contributed by atoms with van der Waals surface area (Å²) in [6.07, 6.45) is 3.50. The van der Waals surface area contributed by atoms with Crippen LogP contribution in [0.15, 0.2) is 54.7 Å². The molecule has 5 nitrogen and oxygen atoms in total. The molecular weight excluding hydrogens is 386 g/mol. The lowest BCUT2D eigenvalue weighted by Crippen LogP contribution is -2.40. The van der Waals surface area contributed by atoms with Crippen LogP contribution >= 0.6 is 11.6 Å². The minimum atomic E-state index is 0.0482. The molecule has 1 aromatic heterocycles. The van der Waals surface area contributed by atoms with Gasteiger partial charge in [0.15, 0.2) is 0 Å². The number of hydrogen-bond acceptors (Lipinski definition) is 4. The van der Waals surface area contributed by atoms with Crippen molar-refractivity contribution in [1.82, 2.24) is 10.3 Å². The number of amides is 1. The number of hydrogen-bond donors (Lipinski definition) is 1. The highest BCUT2D eigenvalue weighted by molar-refractivity contribution is 6.31. The van der Waals surface area contributed by atoms with Gasteiger partial charge < -0.3 is 15.0 Å². The SMILES string of the molecule is COc1ccc(CNC(=O)C2CCN(c3ccnc4cc(Cl)ccc34)CC2)cc1. The second-order valence-corrected chi connectivity index (χ2v) is 7.76. The Morgan fingerprint density at radius 3 is 2.66 bits per heavy atom. The van der Waals surface area contributed by atoms with Gasteiger partial charge in [-0.1, -0.05) is 23.7 Å². The van der Waals surface area contributed by atoms with E-state index in [4.69, 9.17) is 16.3 Å². The number of piperidine rings is 1. The van der Waals surface area contributed by atoms with Crippen molar-refractivity contribution in [2.75, 3.05) is 25.1 Å². The highest BCUT2D eigenvalue weighted by Crippen LogP contribution is 2.30. The Balaban J connectivity index is 1.35. The molecule has 0 aliphatic carbocycles. The topological polar surface area (TPSA) is 54.5 Å². The summed E-state index contributed by atoms with van der Waals surface area (Å²) in [6.45, 7) is 2.24. The predicted octanol–water partition coefficient (Wildman–Crippen LogP) is 4.43. The Kier molecular flexibility index (Phi) is 5.86. The number of nitrogens with one attached hydrogen (secondary N) is 1. The quantitative estimate of drug-likeness (QED) is 0.677. The van der Waals surface area contributed by atoms with Crippen molar-refractivity contribution in [2.24, 2.45) is 5.92 Å². The maximum absolute atomic E-state index is 12.6. The predicted molar refractivity (Wildman–Crippen MR) is 117 cm³/mol. The highest BCUT2D eigenvalue weighted by Gasteiger charge is 2.25. The van der Waals surface area contributed by atoms with Gasteiger partial charge in [0.1, 0.15) is 5.75 Å². The van der Waals surface area contributed by atoms with Crippen LogP contribution in [0.25, 0.3) is 10.9 Å². The summed E-state index contributed by atoms with van der Waals surface area (Å²) in [5.41, 5.74) is 3.12. The van der Waals surface area contributed by atoms with Crippen molar-refractivity contribution in [2.45, 2.75) is 19.4 Å². The normalized spacial score (nSPS) is 14.8. The van der Waals surface area contributed by atoms with Crippen LogP contribution in [0.5, 0.6) is 5.75 Å². The van der Waals surface area contributed by atoms with E-state index in [0.29, 0.717) is 11.6 Å². The summed E-state index contributed by atoms with van der Waals surface area (Å²) in [5, 5.41) is 4.86. The van der Waals surface area contributed by atoms with Gasteiger partial charge in [0.25, 0.3) is 0 Å². The van der Waals surface area contributed by atoms with Gasteiger partial charge in [0, 0.05) is 47.8 Å². The summed E-state index contributed by atoms with van der Waals surface area (Å²) >= 11 is 6.10.